The summed E-state index contributed by atoms with van der Waals surface area (Å²) in [5, 5.41) is 11.7. The normalized spacial score (nSPS) is 13.3. The Morgan fingerprint density at radius 3 is 1.91 bits per heavy atom. The Labute approximate surface area is 316 Å². The summed E-state index contributed by atoms with van der Waals surface area (Å²) in [6.45, 7) is 0. The van der Waals surface area contributed by atoms with Crippen LogP contribution in [-0.4, -0.2) is 26.4 Å². The van der Waals surface area contributed by atoms with Gasteiger partial charge in [0.1, 0.15) is 16.9 Å². The van der Waals surface area contributed by atoms with Gasteiger partial charge in [-0.05, 0) is 48.7 Å². The molecular formula is C47H29N5OS. The zero-order chi connectivity index (χ0) is 36.2. The fraction of sp³-hybridized carbons (Fsp3) is 0. The van der Waals surface area contributed by atoms with Crippen LogP contribution in [0.5, 0.6) is 0 Å². The third-order valence-electron chi connectivity index (χ3n) is 10.0. The van der Waals surface area contributed by atoms with Crippen LogP contribution in [-0.2, 0) is 0 Å². The highest BCUT2D eigenvalue weighted by Crippen LogP contribution is 2.38. The molecule has 1 N–H and O–H groups in total. The number of thiol groups is 1. The molecule has 0 bridgehead atoms. The first kappa shape index (κ1) is 31.7. The van der Waals surface area contributed by atoms with Crippen LogP contribution >= 0.6 is 12.8 Å². The van der Waals surface area contributed by atoms with Gasteiger partial charge in [-0.2, -0.15) is 0 Å². The van der Waals surface area contributed by atoms with Crippen LogP contribution in [0.25, 0.3) is 95.2 Å². The minimum atomic E-state index is 0.321. The molecule has 0 amide bonds. The van der Waals surface area contributed by atoms with Crippen LogP contribution in [0.1, 0.15) is 11.1 Å². The molecule has 0 spiro atoms. The van der Waals surface area contributed by atoms with E-state index in [0.717, 1.165) is 94.4 Å². The van der Waals surface area contributed by atoms with Crippen molar-refractivity contribution in [3.63, 3.8) is 0 Å². The number of para-hydroxylation sites is 3. The van der Waals surface area contributed by atoms with Gasteiger partial charge in [-0.15, -0.1) is 0 Å². The molecule has 0 aliphatic heterocycles. The Kier molecular flexibility index (Phi) is 7.59. The maximum atomic E-state index is 8.50. The topological polar surface area (TPSA) is 88.0 Å². The second kappa shape index (κ2) is 12.9. The van der Waals surface area contributed by atoms with Crippen LogP contribution in [0.2, 0.25) is 0 Å². The molecule has 1 aliphatic rings. The monoisotopic (exact) mass is 711 g/mol. The summed E-state index contributed by atoms with van der Waals surface area (Å²) in [5.74, 6) is 0.653. The lowest BCUT2D eigenvalue weighted by atomic mass is 9.88. The number of allylic oxidation sites excluding steroid dienone is 1. The molecule has 0 radical (unpaired) electrons. The average Bonchev–Trinajstić information content (AvgIpc) is 3.63. The first-order valence-corrected chi connectivity index (χ1v) is 18.0. The Bertz CT molecular complexity index is 3000. The molecule has 6 aromatic carbocycles. The molecule has 254 valence electrons. The van der Waals surface area contributed by atoms with Crippen LogP contribution in [0.3, 0.4) is 0 Å². The summed E-state index contributed by atoms with van der Waals surface area (Å²) in [6.07, 6.45) is 3.71. The number of aromatic nitrogens is 3. The highest BCUT2D eigenvalue weighted by atomic mass is 32.1. The molecule has 0 atom stereocenters. The van der Waals surface area contributed by atoms with E-state index in [-0.39, 0.29) is 0 Å². The van der Waals surface area contributed by atoms with Gasteiger partial charge in [-0.3, -0.25) is 5.41 Å². The Hall–Kier alpha value is -6.96. The molecule has 0 unspecified atom stereocenters. The summed E-state index contributed by atoms with van der Waals surface area (Å²) in [4.78, 5) is 15.2. The van der Waals surface area contributed by atoms with E-state index in [0.29, 0.717) is 17.2 Å². The van der Waals surface area contributed by atoms with Gasteiger partial charge in [0.05, 0.1) is 28.3 Å². The number of nitrogens with one attached hydrogen (secondary N) is 1. The fourth-order valence-corrected chi connectivity index (χ4v) is 7.61. The highest BCUT2D eigenvalue weighted by molar-refractivity contribution is 7.79. The lowest BCUT2D eigenvalue weighted by Crippen LogP contribution is -2.18. The van der Waals surface area contributed by atoms with Crippen molar-refractivity contribution in [3.8, 4) is 56.3 Å². The molecule has 3 heterocycles. The van der Waals surface area contributed by atoms with Gasteiger partial charge in [0, 0.05) is 55.1 Å². The first-order valence-electron chi connectivity index (χ1n) is 17.6. The van der Waals surface area contributed by atoms with Crippen LogP contribution in [0.15, 0.2) is 167 Å². The Balaban J connectivity index is 1.05. The average molecular weight is 712 g/mol. The SMILES string of the molecule is N=C1C=Cc2c(-c3ccc(-c4cc(-c5ccc(-c6cccc7c6oc6ccccc67)cc5)nc(-c5ccccc5)n4)cc3)nc3ccccc3c2C1=NS. The van der Waals surface area contributed by atoms with E-state index in [1.54, 1.807) is 6.08 Å². The second-order valence-electron chi connectivity index (χ2n) is 13.2. The summed E-state index contributed by atoms with van der Waals surface area (Å²) < 4.78 is 10.5. The minimum absolute atomic E-state index is 0.321. The second-order valence-corrected chi connectivity index (χ2v) is 13.4. The van der Waals surface area contributed by atoms with Gasteiger partial charge < -0.3 is 4.42 Å². The maximum absolute atomic E-state index is 8.50. The van der Waals surface area contributed by atoms with Crippen molar-refractivity contribution in [1.29, 1.82) is 5.41 Å². The molecule has 6 nitrogen and oxygen atoms in total. The van der Waals surface area contributed by atoms with Gasteiger partial charge in [0.2, 0.25) is 0 Å². The van der Waals surface area contributed by atoms with E-state index < -0.39 is 0 Å². The molecule has 3 aromatic heterocycles. The van der Waals surface area contributed by atoms with Crippen molar-refractivity contribution in [2.24, 2.45) is 4.40 Å². The van der Waals surface area contributed by atoms with Crippen LogP contribution in [0.4, 0.5) is 0 Å². The lowest BCUT2D eigenvalue weighted by Gasteiger charge is -2.19. The van der Waals surface area contributed by atoms with E-state index in [1.807, 2.05) is 78.9 Å². The number of nitrogens with zero attached hydrogens (tertiary/aromatic N) is 4. The van der Waals surface area contributed by atoms with Crippen molar-refractivity contribution in [2.75, 3.05) is 0 Å². The largest absolute Gasteiger partial charge is 0.455 e. The van der Waals surface area contributed by atoms with E-state index in [9.17, 15) is 0 Å². The predicted molar refractivity (Wildman–Crippen MR) is 224 cm³/mol. The number of rotatable bonds is 5. The zero-order valence-electron chi connectivity index (χ0n) is 28.7. The van der Waals surface area contributed by atoms with E-state index in [1.165, 1.54) is 0 Å². The summed E-state index contributed by atoms with van der Waals surface area (Å²) in [6, 6.07) is 51.4. The number of hydrogen-bond donors (Lipinski definition) is 2. The van der Waals surface area contributed by atoms with Crippen molar-refractivity contribution < 1.29 is 4.42 Å². The summed E-state index contributed by atoms with van der Waals surface area (Å²) in [5.41, 5.74) is 13.7. The number of fused-ring (bicyclic) bond motifs is 6. The molecule has 0 saturated heterocycles. The van der Waals surface area contributed by atoms with Crippen molar-refractivity contribution in [3.05, 3.63) is 169 Å². The minimum Gasteiger partial charge on any atom is -0.455 e. The van der Waals surface area contributed by atoms with Crippen LogP contribution < -0.4 is 0 Å². The van der Waals surface area contributed by atoms with Gasteiger partial charge in [-0.25, -0.2) is 19.3 Å². The Morgan fingerprint density at radius 2 is 1.17 bits per heavy atom. The number of furan rings is 1. The zero-order valence-corrected chi connectivity index (χ0v) is 29.6. The number of hydrogen-bond acceptors (Lipinski definition) is 7. The highest BCUT2D eigenvalue weighted by Gasteiger charge is 2.24. The third kappa shape index (κ3) is 5.33. The summed E-state index contributed by atoms with van der Waals surface area (Å²) >= 11 is 4.24. The van der Waals surface area contributed by atoms with E-state index in [2.05, 4.69) is 96.1 Å². The Morgan fingerprint density at radius 1 is 0.537 bits per heavy atom. The lowest BCUT2D eigenvalue weighted by molar-refractivity contribution is 0.670. The quantitative estimate of drug-likeness (QED) is 0.174. The smallest absolute Gasteiger partial charge is 0.160 e. The predicted octanol–water partition coefficient (Wildman–Crippen LogP) is 11.9. The molecule has 7 heteroatoms. The molecule has 1 aliphatic carbocycles. The van der Waals surface area contributed by atoms with Crippen molar-refractivity contribution >= 4 is 63.2 Å². The summed E-state index contributed by atoms with van der Waals surface area (Å²) in [7, 11) is 0. The molecule has 0 fully saturated rings. The van der Waals surface area contributed by atoms with Gasteiger partial charge in [-0.1, -0.05) is 133 Å². The number of benzene rings is 6. The van der Waals surface area contributed by atoms with Gasteiger partial charge in [0.15, 0.2) is 5.82 Å². The standard InChI is InChI=1S/C47H29N5OS/c48-38-26-25-37-43(45(38)52-54)36-12-4-6-15-39(36)49-44(37)31-23-21-30(22-24-31)41-27-40(50-47(51-41)32-9-2-1-3-10-32)29-19-17-28(18-20-29)33-13-8-14-35-34-11-5-7-16-42(34)53-46(33)35/h1-27,48,54H. The van der Waals surface area contributed by atoms with Crippen LogP contribution in [0, 0.1) is 5.41 Å². The maximum Gasteiger partial charge on any atom is 0.160 e. The molecular weight excluding hydrogens is 683 g/mol. The van der Waals surface area contributed by atoms with E-state index in [4.69, 9.17) is 24.8 Å². The first-order chi connectivity index (χ1) is 26.6. The van der Waals surface area contributed by atoms with Gasteiger partial charge >= 0.3 is 0 Å². The molecule has 10 rings (SSSR count). The number of pyridine rings is 1. The molecule has 0 saturated carbocycles. The molecule has 9 aromatic rings. The molecule has 54 heavy (non-hydrogen) atoms. The van der Waals surface area contributed by atoms with E-state index >= 15 is 0 Å². The fourth-order valence-electron chi connectivity index (χ4n) is 7.40. The third-order valence-corrected chi connectivity index (χ3v) is 10.2. The van der Waals surface area contributed by atoms with Gasteiger partial charge in [0.25, 0.3) is 0 Å². The van der Waals surface area contributed by atoms with Crippen molar-refractivity contribution in [2.45, 2.75) is 0 Å². The van der Waals surface area contributed by atoms with Crippen molar-refractivity contribution in [1.82, 2.24) is 15.0 Å².